The van der Waals surface area contributed by atoms with Crippen molar-refractivity contribution in [2.24, 2.45) is 0 Å². The van der Waals surface area contributed by atoms with Crippen LogP contribution in [-0.2, 0) is 9.59 Å². The number of carbonyl (C=O) groups excluding carboxylic acids is 2. The SMILES string of the molecule is CCCCCCCC/C=C\CCCCCCC(=O)C(C)=O. The van der Waals surface area contributed by atoms with Gasteiger partial charge in [0.25, 0.3) is 0 Å². The molecule has 0 spiro atoms. The van der Waals surface area contributed by atoms with Crippen molar-refractivity contribution in [1.82, 2.24) is 0 Å². The Bertz CT molecular complexity index is 292. The van der Waals surface area contributed by atoms with Gasteiger partial charge in [-0.1, -0.05) is 64.0 Å². The summed E-state index contributed by atoms with van der Waals surface area (Å²) in [7, 11) is 0. The van der Waals surface area contributed by atoms with Gasteiger partial charge in [-0.05, 0) is 32.1 Å². The molecule has 0 radical (unpaired) electrons. The maximum atomic E-state index is 11.1. The Morgan fingerprint density at radius 3 is 1.71 bits per heavy atom. The van der Waals surface area contributed by atoms with Gasteiger partial charge < -0.3 is 0 Å². The molecule has 0 rings (SSSR count). The summed E-state index contributed by atoms with van der Waals surface area (Å²) in [6.07, 6.45) is 19.9. The molecule has 0 bridgehead atoms. The third-order valence-corrected chi connectivity index (χ3v) is 3.81. The van der Waals surface area contributed by atoms with E-state index in [1.807, 2.05) is 0 Å². The Balaban J connectivity index is 3.19. The minimum Gasteiger partial charge on any atom is -0.291 e. The van der Waals surface area contributed by atoms with E-state index in [1.165, 1.54) is 58.3 Å². The molecule has 0 fully saturated rings. The molecule has 0 aliphatic heterocycles. The molecule has 2 heteroatoms. The lowest BCUT2D eigenvalue weighted by atomic mass is 10.1. The van der Waals surface area contributed by atoms with Gasteiger partial charge in [0.15, 0.2) is 11.6 Å². The van der Waals surface area contributed by atoms with Crippen molar-refractivity contribution in [1.29, 1.82) is 0 Å². The number of rotatable bonds is 15. The van der Waals surface area contributed by atoms with Crippen molar-refractivity contribution >= 4 is 11.6 Å². The van der Waals surface area contributed by atoms with E-state index in [0.717, 1.165) is 25.7 Å². The number of hydrogen-bond donors (Lipinski definition) is 0. The lowest BCUT2D eigenvalue weighted by molar-refractivity contribution is -0.135. The predicted octanol–water partition coefficient (Wildman–Crippen LogP) is 5.79. The van der Waals surface area contributed by atoms with Crippen molar-refractivity contribution in [3.05, 3.63) is 12.2 Å². The van der Waals surface area contributed by atoms with E-state index in [2.05, 4.69) is 19.1 Å². The molecule has 0 atom stereocenters. The van der Waals surface area contributed by atoms with Crippen LogP contribution in [0.5, 0.6) is 0 Å². The van der Waals surface area contributed by atoms with Gasteiger partial charge in [-0.2, -0.15) is 0 Å². The summed E-state index contributed by atoms with van der Waals surface area (Å²) in [5, 5.41) is 0. The molecule has 0 saturated carbocycles. The normalized spacial score (nSPS) is 11.1. The molecule has 21 heavy (non-hydrogen) atoms. The molecule has 0 aromatic carbocycles. The average Bonchev–Trinajstić information content (AvgIpc) is 2.47. The summed E-state index contributed by atoms with van der Waals surface area (Å²) >= 11 is 0. The van der Waals surface area contributed by atoms with Gasteiger partial charge in [0.05, 0.1) is 0 Å². The summed E-state index contributed by atoms with van der Waals surface area (Å²) in [5.74, 6) is -0.513. The first-order chi connectivity index (χ1) is 10.2. The molecule has 0 aromatic rings. The van der Waals surface area contributed by atoms with Crippen LogP contribution in [0.15, 0.2) is 12.2 Å². The van der Waals surface area contributed by atoms with Gasteiger partial charge in [-0.25, -0.2) is 0 Å². The highest BCUT2D eigenvalue weighted by molar-refractivity contribution is 6.36. The molecule has 0 heterocycles. The summed E-state index contributed by atoms with van der Waals surface area (Å²) in [6, 6.07) is 0. The minimum absolute atomic E-state index is 0.214. The summed E-state index contributed by atoms with van der Waals surface area (Å²) in [5.41, 5.74) is 0. The number of hydrogen-bond acceptors (Lipinski definition) is 2. The molecule has 0 aliphatic carbocycles. The van der Waals surface area contributed by atoms with Crippen molar-refractivity contribution in [3.63, 3.8) is 0 Å². The number of unbranched alkanes of at least 4 members (excludes halogenated alkanes) is 10. The molecule has 0 unspecified atom stereocenters. The third kappa shape index (κ3) is 15.3. The van der Waals surface area contributed by atoms with Crippen LogP contribution in [0, 0.1) is 0 Å². The second-order valence-electron chi connectivity index (χ2n) is 5.96. The monoisotopic (exact) mass is 294 g/mol. The Labute approximate surface area is 131 Å². The number of Topliss-reactive ketones (excluding diaryl/α,β-unsaturated/α-hetero) is 2. The highest BCUT2D eigenvalue weighted by Crippen LogP contribution is 2.09. The van der Waals surface area contributed by atoms with Crippen molar-refractivity contribution < 1.29 is 9.59 Å². The van der Waals surface area contributed by atoms with E-state index >= 15 is 0 Å². The molecule has 122 valence electrons. The standard InChI is InChI=1S/C19H34O2/c1-3-4-5-6-7-8-9-10-11-12-13-14-15-16-17-19(21)18(2)20/h10-11H,3-9,12-17H2,1-2H3/b11-10-. The highest BCUT2D eigenvalue weighted by Gasteiger charge is 2.05. The maximum Gasteiger partial charge on any atom is 0.198 e. The van der Waals surface area contributed by atoms with Crippen LogP contribution in [0.4, 0.5) is 0 Å². The van der Waals surface area contributed by atoms with E-state index in [-0.39, 0.29) is 11.6 Å². The Morgan fingerprint density at radius 1 is 0.714 bits per heavy atom. The number of allylic oxidation sites excluding steroid dienone is 2. The van der Waals surface area contributed by atoms with E-state index in [4.69, 9.17) is 0 Å². The lowest BCUT2D eigenvalue weighted by Gasteiger charge is -1.99. The van der Waals surface area contributed by atoms with Crippen molar-refractivity contribution in [3.8, 4) is 0 Å². The van der Waals surface area contributed by atoms with Crippen LogP contribution in [0.3, 0.4) is 0 Å². The molecule has 0 aliphatic rings. The predicted molar refractivity (Wildman–Crippen MR) is 90.5 cm³/mol. The van der Waals surface area contributed by atoms with Crippen molar-refractivity contribution in [2.45, 2.75) is 97.3 Å². The number of carbonyl (C=O) groups is 2. The van der Waals surface area contributed by atoms with Crippen LogP contribution in [0.2, 0.25) is 0 Å². The fraction of sp³-hybridized carbons (Fsp3) is 0.789. The van der Waals surface area contributed by atoms with Crippen LogP contribution >= 0.6 is 0 Å². The summed E-state index contributed by atoms with van der Waals surface area (Å²) < 4.78 is 0. The zero-order valence-electron chi connectivity index (χ0n) is 14.2. The molecular weight excluding hydrogens is 260 g/mol. The number of ketones is 2. The quantitative estimate of drug-likeness (QED) is 0.217. The first-order valence-corrected chi connectivity index (χ1v) is 8.87. The Morgan fingerprint density at radius 2 is 1.19 bits per heavy atom. The van der Waals surface area contributed by atoms with Gasteiger partial charge in [0.2, 0.25) is 0 Å². The maximum absolute atomic E-state index is 11.1. The minimum atomic E-state index is -0.298. The molecular formula is C19H34O2. The van der Waals surface area contributed by atoms with E-state index in [9.17, 15) is 9.59 Å². The summed E-state index contributed by atoms with van der Waals surface area (Å²) in [4.78, 5) is 21.9. The summed E-state index contributed by atoms with van der Waals surface area (Å²) in [6.45, 7) is 3.61. The van der Waals surface area contributed by atoms with E-state index in [1.54, 1.807) is 0 Å². The van der Waals surface area contributed by atoms with Crippen LogP contribution < -0.4 is 0 Å². The fourth-order valence-electron chi connectivity index (χ4n) is 2.36. The van der Waals surface area contributed by atoms with Gasteiger partial charge >= 0.3 is 0 Å². The first kappa shape index (κ1) is 20.1. The molecule has 0 saturated heterocycles. The van der Waals surface area contributed by atoms with Gasteiger partial charge in [0, 0.05) is 13.3 Å². The van der Waals surface area contributed by atoms with Crippen LogP contribution in [0.25, 0.3) is 0 Å². The van der Waals surface area contributed by atoms with Gasteiger partial charge in [-0.3, -0.25) is 9.59 Å². The van der Waals surface area contributed by atoms with Crippen molar-refractivity contribution in [2.75, 3.05) is 0 Å². The molecule has 2 nitrogen and oxygen atoms in total. The smallest absolute Gasteiger partial charge is 0.198 e. The molecule has 0 amide bonds. The zero-order valence-corrected chi connectivity index (χ0v) is 14.2. The van der Waals surface area contributed by atoms with Gasteiger partial charge in [-0.15, -0.1) is 0 Å². The van der Waals surface area contributed by atoms with E-state index in [0.29, 0.717) is 6.42 Å². The Hall–Kier alpha value is -0.920. The fourth-order valence-corrected chi connectivity index (χ4v) is 2.36. The molecule has 0 aromatic heterocycles. The van der Waals surface area contributed by atoms with Crippen LogP contribution in [0.1, 0.15) is 97.3 Å². The average molecular weight is 294 g/mol. The zero-order chi connectivity index (χ0) is 15.8. The van der Waals surface area contributed by atoms with Gasteiger partial charge in [0.1, 0.15) is 0 Å². The lowest BCUT2D eigenvalue weighted by Crippen LogP contribution is -2.08. The Kier molecular flexibility index (Phi) is 14.8. The van der Waals surface area contributed by atoms with E-state index < -0.39 is 0 Å². The largest absolute Gasteiger partial charge is 0.291 e. The second-order valence-corrected chi connectivity index (χ2v) is 5.96. The second kappa shape index (κ2) is 15.5. The molecule has 0 N–H and O–H groups in total. The highest BCUT2D eigenvalue weighted by atomic mass is 16.2. The first-order valence-electron chi connectivity index (χ1n) is 8.87. The van der Waals surface area contributed by atoms with Crippen LogP contribution in [-0.4, -0.2) is 11.6 Å². The topological polar surface area (TPSA) is 34.1 Å². The third-order valence-electron chi connectivity index (χ3n) is 3.81.